The first kappa shape index (κ1) is 32.8. The van der Waals surface area contributed by atoms with Crippen molar-refractivity contribution in [2.75, 3.05) is 0 Å². The molecule has 0 aliphatic heterocycles. The molecule has 6 heteroatoms. The molecule has 224 valence electrons. The fourth-order valence-electron chi connectivity index (χ4n) is 4.97. The Labute approximate surface area is 246 Å². The van der Waals surface area contributed by atoms with Gasteiger partial charge in [0.05, 0.1) is 19.7 Å². The number of halogens is 3. The Bertz CT molecular complexity index is 1390. The Balaban J connectivity index is 2.44. The highest BCUT2D eigenvalue weighted by Crippen LogP contribution is 2.45. The molecule has 1 atom stereocenters. The normalized spacial score (nSPS) is 13.6. The molecule has 0 radical (unpaired) electrons. The van der Waals surface area contributed by atoms with Gasteiger partial charge in [0.2, 0.25) is 0 Å². The number of aromatic hydroxyl groups is 1. The van der Waals surface area contributed by atoms with Gasteiger partial charge in [0.1, 0.15) is 11.5 Å². The van der Waals surface area contributed by atoms with Gasteiger partial charge in [-0.15, -0.1) is 0 Å². The van der Waals surface area contributed by atoms with Crippen LogP contribution in [-0.4, -0.2) is 19.3 Å². The van der Waals surface area contributed by atoms with E-state index in [4.69, 9.17) is 4.74 Å². The van der Waals surface area contributed by atoms with E-state index in [1.54, 1.807) is 6.07 Å². The third-order valence-electron chi connectivity index (χ3n) is 7.48. The summed E-state index contributed by atoms with van der Waals surface area (Å²) in [7, 11) is -2.04. The van der Waals surface area contributed by atoms with Gasteiger partial charge >= 0.3 is 0 Å². The fourth-order valence-corrected chi connectivity index (χ4v) is 6.13. The molecule has 0 saturated carbocycles. The fraction of sp³-hybridized carbons (Fsp3) is 0.486. The van der Waals surface area contributed by atoms with Crippen LogP contribution in [0.15, 0.2) is 36.4 Å². The third kappa shape index (κ3) is 7.38. The number of ether oxygens (including phenoxy) is 1. The van der Waals surface area contributed by atoms with Gasteiger partial charge in [0.15, 0.2) is 17.5 Å². The van der Waals surface area contributed by atoms with Gasteiger partial charge in [-0.2, -0.15) is 0 Å². The second kappa shape index (κ2) is 11.5. The molecule has 0 saturated heterocycles. The minimum atomic E-state index is -2.04. The average Bonchev–Trinajstić information content (AvgIpc) is 2.81. The van der Waals surface area contributed by atoms with Gasteiger partial charge in [0, 0.05) is 17.2 Å². The van der Waals surface area contributed by atoms with Crippen molar-refractivity contribution >= 4 is 13.3 Å². The van der Waals surface area contributed by atoms with E-state index < -0.39 is 25.5 Å². The Morgan fingerprint density at radius 3 is 1.73 bits per heavy atom. The lowest BCUT2D eigenvalue weighted by atomic mass is 9.78. The van der Waals surface area contributed by atoms with Crippen molar-refractivity contribution in [1.29, 1.82) is 0 Å². The Hall–Kier alpha value is -2.73. The summed E-state index contributed by atoms with van der Waals surface area (Å²) >= 11 is 0. The van der Waals surface area contributed by atoms with Crippen LogP contribution in [0.4, 0.5) is 13.2 Å². The predicted octanol–water partition coefficient (Wildman–Crippen LogP) is 10.1. The molecular weight excluding hydrogens is 537 g/mol. The standard InChI is InChI=1S/C35H47F3O2Si/c1-20(2)13-21(3)40-29-19-28(36)31(37)32(38)30(29)27-18-25(41(10,11)12)17-26(33(27)39)22-14-23(34(4,5)6)16-24(15-22)35(7,8)9/h14-21,39H,13H2,1-12H3/t21-/m1/s1. The lowest BCUT2D eigenvalue weighted by Crippen LogP contribution is -2.37. The molecule has 0 aliphatic rings. The van der Waals surface area contributed by atoms with Crippen molar-refractivity contribution in [1.82, 2.24) is 0 Å². The minimum Gasteiger partial charge on any atom is -0.507 e. The summed E-state index contributed by atoms with van der Waals surface area (Å²) in [5.41, 5.74) is 3.04. The van der Waals surface area contributed by atoms with Crippen LogP contribution < -0.4 is 9.92 Å². The van der Waals surface area contributed by atoms with E-state index in [1.807, 2.05) is 26.8 Å². The first-order valence-electron chi connectivity index (χ1n) is 14.5. The Morgan fingerprint density at radius 1 is 0.756 bits per heavy atom. The van der Waals surface area contributed by atoms with Crippen molar-refractivity contribution in [2.45, 2.75) is 105 Å². The van der Waals surface area contributed by atoms with Crippen LogP contribution in [0.2, 0.25) is 19.6 Å². The first-order valence-corrected chi connectivity index (χ1v) is 18.0. The molecule has 0 aromatic heterocycles. The van der Waals surface area contributed by atoms with E-state index >= 15 is 4.39 Å². The molecule has 0 amide bonds. The van der Waals surface area contributed by atoms with Crippen LogP contribution in [0, 0.1) is 23.4 Å². The van der Waals surface area contributed by atoms with E-state index in [0.717, 1.165) is 27.9 Å². The SMILES string of the molecule is CC(C)C[C@@H](C)Oc1cc(F)c(F)c(F)c1-c1cc([Si](C)(C)C)cc(-c2cc(C(C)(C)C)cc(C(C)(C)C)c2)c1O. The molecule has 2 nitrogen and oxygen atoms in total. The molecule has 3 rings (SSSR count). The van der Waals surface area contributed by atoms with Gasteiger partial charge in [0.25, 0.3) is 0 Å². The quantitative estimate of drug-likeness (QED) is 0.221. The molecule has 3 aromatic rings. The Morgan fingerprint density at radius 2 is 1.27 bits per heavy atom. The number of phenolic OH excluding ortho intramolecular Hbond substituents is 1. The molecule has 0 spiro atoms. The number of phenols is 1. The molecule has 3 aromatic carbocycles. The maximum atomic E-state index is 15.7. The Kier molecular flexibility index (Phi) is 9.20. The molecule has 0 aliphatic carbocycles. The van der Waals surface area contributed by atoms with Gasteiger partial charge in [-0.25, -0.2) is 13.2 Å². The topological polar surface area (TPSA) is 29.5 Å². The molecule has 1 N–H and O–H groups in total. The summed E-state index contributed by atoms with van der Waals surface area (Å²) in [6.45, 7) is 25.2. The molecule has 0 bridgehead atoms. The van der Waals surface area contributed by atoms with E-state index in [9.17, 15) is 13.9 Å². The number of hydrogen-bond acceptors (Lipinski definition) is 2. The van der Waals surface area contributed by atoms with Crippen molar-refractivity contribution < 1.29 is 23.0 Å². The van der Waals surface area contributed by atoms with Crippen LogP contribution in [0.3, 0.4) is 0 Å². The lowest BCUT2D eigenvalue weighted by molar-refractivity contribution is 0.192. The van der Waals surface area contributed by atoms with Gasteiger partial charge in [-0.05, 0) is 46.8 Å². The summed E-state index contributed by atoms with van der Waals surface area (Å²) in [6, 6.07) is 10.9. The van der Waals surface area contributed by atoms with E-state index in [2.05, 4.69) is 79.4 Å². The number of hydrogen-bond donors (Lipinski definition) is 1. The maximum Gasteiger partial charge on any atom is 0.195 e. The van der Waals surface area contributed by atoms with Crippen LogP contribution in [0.25, 0.3) is 22.3 Å². The molecule has 0 fully saturated rings. The zero-order valence-corrected chi connectivity index (χ0v) is 27.8. The van der Waals surface area contributed by atoms with Crippen LogP contribution in [0.5, 0.6) is 11.5 Å². The average molecular weight is 585 g/mol. The van der Waals surface area contributed by atoms with Crippen molar-refractivity contribution in [3.8, 4) is 33.8 Å². The van der Waals surface area contributed by atoms with Crippen molar-refractivity contribution in [3.63, 3.8) is 0 Å². The van der Waals surface area contributed by atoms with Crippen molar-refractivity contribution in [3.05, 3.63) is 65.0 Å². The summed E-state index contributed by atoms with van der Waals surface area (Å²) in [6.07, 6.45) is 0.263. The highest BCUT2D eigenvalue weighted by molar-refractivity contribution is 6.88. The van der Waals surface area contributed by atoms with Crippen molar-refractivity contribution in [2.24, 2.45) is 5.92 Å². The smallest absolute Gasteiger partial charge is 0.195 e. The lowest BCUT2D eigenvalue weighted by Gasteiger charge is -2.27. The van der Waals surface area contributed by atoms with Crippen LogP contribution in [0.1, 0.15) is 79.9 Å². The molecule has 0 heterocycles. The summed E-state index contributed by atoms with van der Waals surface area (Å²) in [5, 5.41) is 12.8. The third-order valence-corrected chi connectivity index (χ3v) is 9.50. The largest absolute Gasteiger partial charge is 0.507 e. The van der Waals surface area contributed by atoms with E-state index in [-0.39, 0.29) is 45.5 Å². The zero-order chi connectivity index (χ0) is 31.2. The first-order chi connectivity index (χ1) is 18.6. The monoisotopic (exact) mass is 584 g/mol. The number of rotatable bonds is 7. The molecule has 41 heavy (non-hydrogen) atoms. The predicted molar refractivity (Wildman–Crippen MR) is 169 cm³/mol. The maximum absolute atomic E-state index is 15.7. The molecular formula is C35H47F3O2Si. The van der Waals surface area contributed by atoms with Crippen LogP contribution >= 0.6 is 0 Å². The van der Waals surface area contributed by atoms with E-state index in [0.29, 0.717) is 12.0 Å². The van der Waals surface area contributed by atoms with E-state index in [1.165, 1.54) is 0 Å². The van der Waals surface area contributed by atoms with Gasteiger partial charge in [-0.3, -0.25) is 0 Å². The minimum absolute atomic E-state index is 0.0987. The van der Waals surface area contributed by atoms with Gasteiger partial charge in [-0.1, -0.05) is 111 Å². The highest BCUT2D eigenvalue weighted by atomic mass is 28.3. The summed E-state index contributed by atoms with van der Waals surface area (Å²) in [4.78, 5) is 0. The zero-order valence-electron chi connectivity index (χ0n) is 26.8. The second-order valence-electron chi connectivity index (χ2n) is 14.9. The van der Waals surface area contributed by atoms with Gasteiger partial charge < -0.3 is 9.84 Å². The summed E-state index contributed by atoms with van der Waals surface area (Å²) in [5.74, 6) is -4.32. The molecule has 0 unspecified atom stereocenters. The second-order valence-corrected chi connectivity index (χ2v) is 20.0. The highest BCUT2D eigenvalue weighted by Gasteiger charge is 2.29. The van der Waals surface area contributed by atoms with Crippen LogP contribution in [-0.2, 0) is 10.8 Å². The number of benzene rings is 3. The summed E-state index contributed by atoms with van der Waals surface area (Å²) < 4.78 is 51.1.